The Morgan fingerprint density at radius 3 is 2.58 bits per heavy atom. The number of halogens is 3. The number of piperazine rings is 1. The summed E-state index contributed by atoms with van der Waals surface area (Å²) in [7, 11) is 1.50. The van der Waals surface area contributed by atoms with Crippen LogP contribution >= 0.6 is 27.5 Å². The summed E-state index contributed by atoms with van der Waals surface area (Å²) < 4.78 is 14.2. The molecule has 1 aromatic carbocycles. The van der Waals surface area contributed by atoms with Crippen LogP contribution in [-0.2, 0) is 0 Å². The normalized spacial score (nSPS) is 19.4. The maximum absolute atomic E-state index is 13.9. The third-order valence-electron chi connectivity index (χ3n) is 6.99. The molecule has 0 unspecified atom stereocenters. The Balaban J connectivity index is 1.39. The van der Waals surface area contributed by atoms with Gasteiger partial charge in [-0.15, -0.1) is 0 Å². The number of carbonyl (C=O) groups excluding carboxylic acids is 2. The maximum Gasteiger partial charge on any atom is 0.273 e. The van der Waals surface area contributed by atoms with Gasteiger partial charge in [0, 0.05) is 57.4 Å². The summed E-state index contributed by atoms with van der Waals surface area (Å²) in [4.78, 5) is 39.8. The molecule has 0 saturated carbocycles. The second-order valence-corrected chi connectivity index (χ2v) is 10.3. The second-order valence-electron chi connectivity index (χ2n) is 9.05. The van der Waals surface area contributed by atoms with Crippen LogP contribution in [0.3, 0.4) is 0 Å². The van der Waals surface area contributed by atoms with E-state index in [1.165, 1.54) is 13.1 Å². The Labute approximate surface area is 223 Å². The molecule has 2 aliphatic heterocycles. The molecule has 2 saturated heterocycles. The molecule has 36 heavy (non-hydrogen) atoms. The van der Waals surface area contributed by atoms with Gasteiger partial charge in [0.15, 0.2) is 22.5 Å². The van der Waals surface area contributed by atoms with Gasteiger partial charge >= 0.3 is 0 Å². The van der Waals surface area contributed by atoms with Crippen molar-refractivity contribution in [1.29, 1.82) is 0 Å². The Kier molecular flexibility index (Phi) is 8.31. The van der Waals surface area contributed by atoms with Crippen LogP contribution in [0, 0.1) is 5.82 Å². The SMILES string of the molecule is CC[C@H]1CN(c2nc(N)c(C(=O)NC)nc2Cl)CCN1C1CCN(C(=O)c2ccc(Br)c(F)c2)CC1. The highest BCUT2D eigenvalue weighted by atomic mass is 79.9. The highest BCUT2D eigenvalue weighted by molar-refractivity contribution is 9.10. The largest absolute Gasteiger partial charge is 0.382 e. The van der Waals surface area contributed by atoms with Crippen molar-refractivity contribution in [2.75, 3.05) is 50.4 Å². The molecule has 2 fully saturated rings. The number of nitrogens with two attached hydrogens (primary N) is 1. The number of hydrogen-bond donors (Lipinski definition) is 2. The number of carbonyl (C=O) groups is 2. The molecule has 0 aliphatic carbocycles. The van der Waals surface area contributed by atoms with Crippen molar-refractivity contribution in [2.45, 2.75) is 38.3 Å². The average molecular weight is 583 g/mol. The third kappa shape index (κ3) is 5.42. The van der Waals surface area contributed by atoms with E-state index in [1.54, 1.807) is 12.1 Å². The van der Waals surface area contributed by atoms with Gasteiger partial charge in [0.25, 0.3) is 11.8 Å². The van der Waals surface area contributed by atoms with Gasteiger partial charge in [-0.25, -0.2) is 14.4 Å². The number of aromatic nitrogens is 2. The van der Waals surface area contributed by atoms with Crippen LogP contribution in [0.4, 0.5) is 16.0 Å². The van der Waals surface area contributed by atoms with Crippen molar-refractivity contribution >= 4 is 51.0 Å². The van der Waals surface area contributed by atoms with Crippen LogP contribution in [0.15, 0.2) is 22.7 Å². The van der Waals surface area contributed by atoms with Crippen molar-refractivity contribution in [1.82, 2.24) is 25.1 Å². The molecule has 2 aliphatic rings. The number of nitrogens with zero attached hydrogens (tertiary/aromatic N) is 5. The summed E-state index contributed by atoms with van der Waals surface area (Å²) in [5.41, 5.74) is 6.38. The fourth-order valence-electron chi connectivity index (χ4n) is 5.02. The topological polar surface area (TPSA) is 108 Å². The summed E-state index contributed by atoms with van der Waals surface area (Å²) in [6, 6.07) is 5.12. The molecule has 0 bridgehead atoms. The first kappa shape index (κ1) is 26.6. The van der Waals surface area contributed by atoms with E-state index in [-0.39, 0.29) is 28.6 Å². The standard InChI is InChI=1S/C24H30BrClFN7O2/c1-3-15-13-33(22-20(26)30-19(21(28)31-22)23(35)29-2)10-11-34(15)16-6-8-32(9-7-16)24(36)14-4-5-17(25)18(27)12-14/h4-5,12,15-16H,3,6-11,13H2,1-2H3,(H2,28,31)(H,29,35)/t15-/m0/s1. The van der Waals surface area contributed by atoms with Gasteiger partial charge in [-0.2, -0.15) is 0 Å². The Morgan fingerprint density at radius 2 is 1.94 bits per heavy atom. The number of piperidine rings is 1. The summed E-state index contributed by atoms with van der Waals surface area (Å²) in [5, 5.41) is 2.64. The Morgan fingerprint density at radius 1 is 1.22 bits per heavy atom. The first-order chi connectivity index (χ1) is 17.2. The number of rotatable bonds is 5. The molecule has 3 heterocycles. The summed E-state index contributed by atoms with van der Waals surface area (Å²) in [6.45, 7) is 5.63. The molecule has 1 aromatic heterocycles. The number of benzene rings is 1. The molecule has 12 heteroatoms. The van der Waals surface area contributed by atoms with Crippen LogP contribution in [0.25, 0.3) is 0 Å². The van der Waals surface area contributed by atoms with E-state index in [2.05, 4.69) is 47.9 Å². The van der Waals surface area contributed by atoms with Crippen molar-refractivity contribution < 1.29 is 14.0 Å². The fraction of sp³-hybridized carbons (Fsp3) is 0.500. The van der Waals surface area contributed by atoms with Gasteiger partial charge in [0.05, 0.1) is 4.47 Å². The molecule has 2 amide bonds. The quantitative estimate of drug-likeness (QED) is 0.558. The van der Waals surface area contributed by atoms with Crippen LogP contribution in [-0.4, -0.2) is 83.4 Å². The lowest BCUT2D eigenvalue weighted by atomic mass is 9.97. The van der Waals surface area contributed by atoms with Gasteiger partial charge in [-0.3, -0.25) is 14.5 Å². The molecule has 1 atom stereocenters. The van der Waals surface area contributed by atoms with Crippen LogP contribution in [0.1, 0.15) is 47.0 Å². The number of nitrogens with one attached hydrogen (secondary N) is 1. The minimum absolute atomic E-state index is 0.0177. The number of hydrogen-bond acceptors (Lipinski definition) is 7. The van der Waals surface area contributed by atoms with E-state index in [0.29, 0.717) is 48.1 Å². The van der Waals surface area contributed by atoms with E-state index < -0.39 is 11.7 Å². The first-order valence-corrected chi connectivity index (χ1v) is 13.2. The second kappa shape index (κ2) is 11.3. The highest BCUT2D eigenvalue weighted by Crippen LogP contribution is 2.30. The zero-order valence-electron chi connectivity index (χ0n) is 20.3. The zero-order valence-corrected chi connectivity index (χ0v) is 22.6. The van der Waals surface area contributed by atoms with E-state index in [4.69, 9.17) is 17.3 Å². The molecule has 3 N–H and O–H groups in total. The Hall–Kier alpha value is -2.50. The van der Waals surface area contributed by atoms with Crippen molar-refractivity contribution in [3.63, 3.8) is 0 Å². The van der Waals surface area contributed by atoms with E-state index >= 15 is 0 Å². The van der Waals surface area contributed by atoms with Crippen LogP contribution in [0.2, 0.25) is 5.15 Å². The number of likely N-dealkylation sites (tertiary alicyclic amines) is 1. The van der Waals surface area contributed by atoms with Crippen LogP contribution in [0.5, 0.6) is 0 Å². The highest BCUT2D eigenvalue weighted by Gasteiger charge is 2.35. The third-order valence-corrected chi connectivity index (χ3v) is 7.89. The first-order valence-electron chi connectivity index (χ1n) is 12.0. The van der Waals surface area contributed by atoms with E-state index in [1.807, 2.05) is 4.90 Å². The lowest BCUT2D eigenvalue weighted by Crippen LogP contribution is -2.58. The molecule has 2 aromatic rings. The monoisotopic (exact) mass is 581 g/mol. The zero-order chi connectivity index (χ0) is 26.0. The van der Waals surface area contributed by atoms with Gasteiger partial charge < -0.3 is 20.9 Å². The predicted octanol–water partition coefficient (Wildman–Crippen LogP) is 3.18. The van der Waals surface area contributed by atoms with Gasteiger partial charge in [0.2, 0.25) is 0 Å². The number of amides is 2. The maximum atomic E-state index is 13.9. The minimum atomic E-state index is -0.436. The molecular weight excluding hydrogens is 553 g/mol. The summed E-state index contributed by atoms with van der Waals surface area (Å²) in [5.74, 6) is -0.467. The van der Waals surface area contributed by atoms with Gasteiger partial charge in [-0.05, 0) is 53.4 Å². The van der Waals surface area contributed by atoms with Crippen molar-refractivity contribution in [3.8, 4) is 0 Å². The van der Waals surface area contributed by atoms with Crippen molar-refractivity contribution in [3.05, 3.63) is 44.9 Å². The molecule has 9 nitrogen and oxygen atoms in total. The lowest BCUT2D eigenvalue weighted by Gasteiger charge is -2.47. The van der Waals surface area contributed by atoms with Crippen molar-refractivity contribution in [2.24, 2.45) is 0 Å². The molecule has 0 radical (unpaired) electrons. The fourth-order valence-corrected chi connectivity index (χ4v) is 5.52. The molecule has 0 spiro atoms. The number of nitrogen functional groups attached to an aromatic ring is 1. The average Bonchev–Trinajstić information content (AvgIpc) is 2.90. The Bertz CT molecular complexity index is 1150. The molecule has 194 valence electrons. The van der Waals surface area contributed by atoms with Gasteiger partial charge in [0.1, 0.15) is 5.82 Å². The predicted molar refractivity (Wildman–Crippen MR) is 141 cm³/mol. The lowest BCUT2D eigenvalue weighted by molar-refractivity contribution is 0.0490. The van der Waals surface area contributed by atoms with Gasteiger partial charge in [-0.1, -0.05) is 18.5 Å². The van der Waals surface area contributed by atoms with E-state index in [9.17, 15) is 14.0 Å². The smallest absolute Gasteiger partial charge is 0.273 e. The number of anilines is 2. The van der Waals surface area contributed by atoms with Crippen LogP contribution < -0.4 is 16.0 Å². The summed E-state index contributed by atoms with van der Waals surface area (Å²) >= 11 is 9.53. The van der Waals surface area contributed by atoms with E-state index in [0.717, 1.165) is 25.8 Å². The summed E-state index contributed by atoms with van der Waals surface area (Å²) in [6.07, 6.45) is 2.65. The molecular formula is C24H30BrClFN7O2. The molecule has 4 rings (SSSR count). The minimum Gasteiger partial charge on any atom is -0.382 e.